The van der Waals surface area contributed by atoms with Gasteiger partial charge in [0.25, 0.3) is 5.91 Å². The van der Waals surface area contributed by atoms with Crippen LogP contribution in [0.25, 0.3) is 21.9 Å². The van der Waals surface area contributed by atoms with Crippen molar-refractivity contribution in [2.45, 2.75) is 32.2 Å². The molecule has 1 unspecified atom stereocenters. The summed E-state index contributed by atoms with van der Waals surface area (Å²) in [5.41, 5.74) is 1.82. The number of nitrogens with one attached hydrogen (secondary N) is 2. The fraction of sp³-hybridized carbons (Fsp3) is 0.261. The second kappa shape index (κ2) is 7.91. The zero-order chi connectivity index (χ0) is 20.4. The van der Waals surface area contributed by atoms with E-state index >= 15 is 0 Å². The molecule has 3 aromatic rings. The Morgan fingerprint density at radius 2 is 1.76 bits per heavy atom. The SMILES string of the molecule is Cc1ccc(-c2c(C(=O)NC3CCCCNC3=O)oc(=O)c3ccccc23)cc1. The molecule has 1 aromatic heterocycles. The fourth-order valence-corrected chi connectivity index (χ4v) is 3.67. The molecule has 2 heterocycles. The number of hydrogen-bond acceptors (Lipinski definition) is 4. The van der Waals surface area contributed by atoms with Crippen LogP contribution < -0.4 is 16.3 Å². The third kappa shape index (κ3) is 3.78. The number of amides is 2. The molecule has 2 N–H and O–H groups in total. The molecule has 29 heavy (non-hydrogen) atoms. The first kappa shape index (κ1) is 18.9. The van der Waals surface area contributed by atoms with Crippen LogP contribution in [-0.2, 0) is 4.79 Å². The van der Waals surface area contributed by atoms with E-state index in [1.807, 2.05) is 37.3 Å². The standard InChI is InChI=1S/C23H22N2O4/c1-14-9-11-15(12-10-14)19-16-6-2-3-7-17(16)23(28)29-20(19)22(27)25-18-8-4-5-13-24-21(18)26/h2-3,6-7,9-12,18H,4-5,8,13H2,1H3,(H,24,26)(H,25,27). The van der Waals surface area contributed by atoms with Gasteiger partial charge in [0.15, 0.2) is 0 Å². The summed E-state index contributed by atoms with van der Waals surface area (Å²) in [6.45, 7) is 2.58. The van der Waals surface area contributed by atoms with Gasteiger partial charge in [0.05, 0.1) is 5.39 Å². The van der Waals surface area contributed by atoms with Crippen LogP contribution in [0.1, 0.15) is 35.4 Å². The van der Waals surface area contributed by atoms with Crippen LogP contribution in [0.2, 0.25) is 0 Å². The van der Waals surface area contributed by atoms with Gasteiger partial charge in [-0.1, -0.05) is 48.0 Å². The van der Waals surface area contributed by atoms with Crippen LogP contribution in [0.5, 0.6) is 0 Å². The Morgan fingerprint density at radius 1 is 1.03 bits per heavy atom. The van der Waals surface area contributed by atoms with Crippen molar-refractivity contribution in [2.24, 2.45) is 0 Å². The zero-order valence-electron chi connectivity index (χ0n) is 16.2. The van der Waals surface area contributed by atoms with E-state index in [1.165, 1.54) is 0 Å². The summed E-state index contributed by atoms with van der Waals surface area (Å²) in [7, 11) is 0. The van der Waals surface area contributed by atoms with E-state index in [9.17, 15) is 14.4 Å². The Kier molecular flexibility index (Phi) is 5.16. The van der Waals surface area contributed by atoms with Gasteiger partial charge < -0.3 is 15.1 Å². The summed E-state index contributed by atoms with van der Waals surface area (Å²) >= 11 is 0. The molecule has 1 atom stereocenters. The Morgan fingerprint density at radius 3 is 2.52 bits per heavy atom. The molecule has 148 valence electrons. The molecule has 0 saturated carbocycles. The lowest BCUT2D eigenvalue weighted by Gasteiger charge is -2.17. The van der Waals surface area contributed by atoms with Crippen molar-refractivity contribution in [3.8, 4) is 11.1 Å². The molecule has 1 aliphatic rings. The number of aryl methyl sites for hydroxylation is 1. The Balaban J connectivity index is 1.83. The van der Waals surface area contributed by atoms with Gasteiger partial charge in [-0.15, -0.1) is 0 Å². The Labute approximate surface area is 167 Å². The molecule has 6 heteroatoms. The van der Waals surface area contributed by atoms with Gasteiger partial charge in [-0.25, -0.2) is 4.79 Å². The fourth-order valence-electron chi connectivity index (χ4n) is 3.67. The van der Waals surface area contributed by atoms with Crippen LogP contribution in [0.3, 0.4) is 0 Å². The van der Waals surface area contributed by atoms with Gasteiger partial charge in [0.1, 0.15) is 6.04 Å². The summed E-state index contributed by atoms with van der Waals surface area (Å²) in [6, 6.07) is 14.1. The van der Waals surface area contributed by atoms with E-state index in [0.29, 0.717) is 29.3 Å². The second-order valence-electron chi connectivity index (χ2n) is 7.32. The largest absolute Gasteiger partial charge is 0.416 e. The first-order chi connectivity index (χ1) is 14.0. The molecule has 4 rings (SSSR count). The summed E-state index contributed by atoms with van der Waals surface area (Å²) in [5.74, 6) is -0.851. The topological polar surface area (TPSA) is 88.4 Å². The Bertz CT molecular complexity index is 1130. The molecule has 1 saturated heterocycles. The minimum absolute atomic E-state index is 0.0744. The minimum atomic E-state index is -0.646. The highest BCUT2D eigenvalue weighted by Gasteiger charge is 2.27. The lowest BCUT2D eigenvalue weighted by atomic mass is 9.97. The Hall–Kier alpha value is -3.41. The highest BCUT2D eigenvalue weighted by Crippen LogP contribution is 2.31. The van der Waals surface area contributed by atoms with Crippen molar-refractivity contribution in [2.75, 3.05) is 6.54 Å². The third-order valence-electron chi connectivity index (χ3n) is 5.23. The first-order valence-corrected chi connectivity index (χ1v) is 9.76. The van der Waals surface area contributed by atoms with E-state index in [4.69, 9.17) is 4.42 Å². The molecule has 1 aliphatic heterocycles. The lowest BCUT2D eigenvalue weighted by Crippen LogP contribution is -2.45. The lowest BCUT2D eigenvalue weighted by molar-refractivity contribution is -0.122. The van der Waals surface area contributed by atoms with Crippen LogP contribution in [-0.4, -0.2) is 24.4 Å². The highest BCUT2D eigenvalue weighted by atomic mass is 16.4. The number of benzene rings is 2. The molecule has 0 aliphatic carbocycles. The van der Waals surface area contributed by atoms with Gasteiger partial charge in [-0.2, -0.15) is 0 Å². The van der Waals surface area contributed by atoms with Crippen LogP contribution in [0.15, 0.2) is 57.7 Å². The van der Waals surface area contributed by atoms with Crippen LogP contribution in [0, 0.1) is 6.92 Å². The highest BCUT2D eigenvalue weighted by molar-refractivity contribution is 6.08. The molecule has 0 radical (unpaired) electrons. The molecule has 1 fully saturated rings. The quantitative estimate of drug-likeness (QED) is 0.719. The van der Waals surface area contributed by atoms with Gasteiger partial charge in [0, 0.05) is 17.5 Å². The maximum absolute atomic E-state index is 13.1. The van der Waals surface area contributed by atoms with Gasteiger partial charge in [-0.3, -0.25) is 9.59 Å². The van der Waals surface area contributed by atoms with Crippen molar-refractivity contribution in [3.63, 3.8) is 0 Å². The van der Waals surface area contributed by atoms with Crippen molar-refractivity contribution in [1.29, 1.82) is 0 Å². The van der Waals surface area contributed by atoms with E-state index in [1.54, 1.807) is 18.2 Å². The molecule has 6 nitrogen and oxygen atoms in total. The van der Waals surface area contributed by atoms with Crippen LogP contribution in [0.4, 0.5) is 0 Å². The van der Waals surface area contributed by atoms with E-state index in [-0.39, 0.29) is 11.7 Å². The molecule has 0 bridgehead atoms. The number of hydrogen-bond donors (Lipinski definition) is 2. The average molecular weight is 390 g/mol. The van der Waals surface area contributed by atoms with Crippen molar-refractivity contribution in [3.05, 3.63) is 70.3 Å². The molecule has 2 aromatic carbocycles. The smallest absolute Gasteiger partial charge is 0.344 e. The van der Waals surface area contributed by atoms with Crippen molar-refractivity contribution >= 4 is 22.6 Å². The third-order valence-corrected chi connectivity index (χ3v) is 5.23. The monoisotopic (exact) mass is 390 g/mol. The second-order valence-corrected chi connectivity index (χ2v) is 7.32. The van der Waals surface area contributed by atoms with E-state index in [0.717, 1.165) is 24.0 Å². The summed E-state index contributed by atoms with van der Waals surface area (Å²) in [5, 5.41) is 6.60. The predicted octanol–water partition coefficient (Wildman–Crippen LogP) is 3.17. The number of carbonyl (C=O) groups is 2. The summed E-state index contributed by atoms with van der Waals surface area (Å²) in [4.78, 5) is 37.9. The normalized spacial score (nSPS) is 16.9. The van der Waals surface area contributed by atoms with Crippen molar-refractivity contribution in [1.82, 2.24) is 10.6 Å². The average Bonchev–Trinajstić information content (AvgIpc) is 2.93. The maximum atomic E-state index is 13.1. The number of carbonyl (C=O) groups excluding carboxylic acids is 2. The zero-order valence-corrected chi connectivity index (χ0v) is 16.2. The summed E-state index contributed by atoms with van der Waals surface area (Å²) in [6.07, 6.45) is 2.25. The predicted molar refractivity (Wildman–Crippen MR) is 111 cm³/mol. The van der Waals surface area contributed by atoms with Gasteiger partial charge >= 0.3 is 5.63 Å². The van der Waals surface area contributed by atoms with E-state index in [2.05, 4.69) is 10.6 Å². The number of fused-ring (bicyclic) bond motifs is 1. The maximum Gasteiger partial charge on any atom is 0.344 e. The molecule has 0 spiro atoms. The molecule has 2 amide bonds. The van der Waals surface area contributed by atoms with Crippen LogP contribution >= 0.6 is 0 Å². The molecular formula is C23H22N2O4. The minimum Gasteiger partial charge on any atom is -0.416 e. The first-order valence-electron chi connectivity index (χ1n) is 9.76. The van der Waals surface area contributed by atoms with Crippen molar-refractivity contribution < 1.29 is 14.0 Å². The van der Waals surface area contributed by atoms with Gasteiger partial charge in [0.2, 0.25) is 11.7 Å². The summed E-state index contributed by atoms with van der Waals surface area (Å²) < 4.78 is 5.48. The van der Waals surface area contributed by atoms with Gasteiger partial charge in [-0.05, 0) is 37.8 Å². The van der Waals surface area contributed by atoms with E-state index < -0.39 is 17.6 Å². The molecular weight excluding hydrogens is 368 g/mol. The number of rotatable bonds is 3.